The number of nitrogens with zero attached hydrogens (tertiary/aromatic N) is 4. The lowest BCUT2D eigenvalue weighted by Crippen LogP contribution is -2.36. The molecule has 4 heteroatoms. The van der Waals surface area contributed by atoms with Gasteiger partial charge in [-0.3, -0.25) is 0 Å². The molecular formula is C21H28N4. The molecule has 2 aromatic rings. The van der Waals surface area contributed by atoms with Gasteiger partial charge in [0.05, 0.1) is 0 Å². The number of aromatic nitrogens is 2. The molecule has 2 fully saturated rings. The van der Waals surface area contributed by atoms with E-state index in [2.05, 4.69) is 51.2 Å². The van der Waals surface area contributed by atoms with Crippen LogP contribution in [0.1, 0.15) is 37.7 Å². The summed E-state index contributed by atoms with van der Waals surface area (Å²) in [5.74, 6) is 2.81. The van der Waals surface area contributed by atoms with Crippen LogP contribution in [0.25, 0.3) is 0 Å². The molecule has 2 aliphatic rings. The van der Waals surface area contributed by atoms with Crippen molar-refractivity contribution in [3.8, 4) is 0 Å². The van der Waals surface area contributed by atoms with Crippen molar-refractivity contribution in [1.29, 1.82) is 0 Å². The average Bonchev–Trinajstić information content (AvgIpc) is 2.70. The van der Waals surface area contributed by atoms with E-state index in [0.29, 0.717) is 0 Å². The van der Waals surface area contributed by atoms with E-state index in [1.165, 1.54) is 44.1 Å². The van der Waals surface area contributed by atoms with Crippen molar-refractivity contribution in [3.63, 3.8) is 0 Å². The Morgan fingerprint density at radius 3 is 2.36 bits per heavy atom. The minimum Gasteiger partial charge on any atom is -0.356 e. The Hall–Kier alpha value is -2.10. The second-order valence-electron chi connectivity index (χ2n) is 7.38. The fraction of sp³-hybridized carbons (Fsp3) is 0.524. The normalized spacial score (nSPS) is 19.2. The van der Waals surface area contributed by atoms with E-state index in [0.717, 1.165) is 43.9 Å². The fourth-order valence-corrected chi connectivity index (χ4v) is 4.08. The monoisotopic (exact) mass is 336 g/mol. The summed E-state index contributed by atoms with van der Waals surface area (Å²) in [5, 5.41) is 0. The van der Waals surface area contributed by atoms with Crippen molar-refractivity contribution in [1.82, 2.24) is 9.97 Å². The molecule has 0 spiro atoms. The van der Waals surface area contributed by atoms with Gasteiger partial charge in [0.25, 0.3) is 0 Å². The van der Waals surface area contributed by atoms with Crippen LogP contribution in [0.3, 0.4) is 0 Å². The Morgan fingerprint density at radius 1 is 0.840 bits per heavy atom. The van der Waals surface area contributed by atoms with Gasteiger partial charge in [-0.15, -0.1) is 0 Å². The largest absolute Gasteiger partial charge is 0.356 e. The van der Waals surface area contributed by atoms with Gasteiger partial charge in [-0.05, 0) is 56.1 Å². The maximum atomic E-state index is 4.87. The SMILES string of the molecule is c1ccc(CC2CCN(c3nccc(N4CCCCC4)n3)CC2)cc1. The molecule has 0 aliphatic carbocycles. The molecule has 0 radical (unpaired) electrons. The smallest absolute Gasteiger partial charge is 0.227 e. The Kier molecular flexibility index (Phi) is 5.14. The van der Waals surface area contributed by atoms with Crippen molar-refractivity contribution in [2.75, 3.05) is 36.0 Å². The van der Waals surface area contributed by atoms with E-state index in [1.807, 2.05) is 6.20 Å². The first-order valence-corrected chi connectivity index (χ1v) is 9.75. The second kappa shape index (κ2) is 7.85. The molecule has 1 aromatic heterocycles. The Labute approximate surface area is 150 Å². The van der Waals surface area contributed by atoms with Crippen molar-refractivity contribution in [3.05, 3.63) is 48.2 Å². The molecule has 0 bridgehead atoms. The summed E-state index contributed by atoms with van der Waals surface area (Å²) in [6.45, 7) is 4.41. The Bertz CT molecular complexity index is 659. The molecule has 4 nitrogen and oxygen atoms in total. The predicted molar refractivity (Wildman–Crippen MR) is 103 cm³/mol. The van der Waals surface area contributed by atoms with E-state index in [1.54, 1.807) is 0 Å². The third kappa shape index (κ3) is 4.12. The lowest BCUT2D eigenvalue weighted by Gasteiger charge is -2.33. The first-order valence-electron chi connectivity index (χ1n) is 9.75. The van der Waals surface area contributed by atoms with Crippen LogP contribution >= 0.6 is 0 Å². The maximum absolute atomic E-state index is 4.87. The van der Waals surface area contributed by atoms with E-state index in [-0.39, 0.29) is 0 Å². The summed E-state index contributed by atoms with van der Waals surface area (Å²) in [5.41, 5.74) is 1.46. The third-order valence-electron chi connectivity index (χ3n) is 5.57. The zero-order chi connectivity index (χ0) is 16.9. The van der Waals surface area contributed by atoms with E-state index in [4.69, 9.17) is 4.98 Å². The highest BCUT2D eigenvalue weighted by Gasteiger charge is 2.22. The summed E-state index contributed by atoms with van der Waals surface area (Å²) in [6, 6.07) is 12.9. The second-order valence-corrected chi connectivity index (χ2v) is 7.38. The van der Waals surface area contributed by atoms with Gasteiger partial charge in [0.2, 0.25) is 5.95 Å². The number of anilines is 2. The Balaban J connectivity index is 1.36. The summed E-state index contributed by atoms with van der Waals surface area (Å²) >= 11 is 0. The zero-order valence-corrected chi connectivity index (χ0v) is 15.0. The van der Waals surface area contributed by atoms with Crippen molar-refractivity contribution in [2.45, 2.75) is 38.5 Å². The number of piperidine rings is 2. The molecule has 0 atom stereocenters. The van der Waals surface area contributed by atoms with Gasteiger partial charge < -0.3 is 9.80 Å². The first-order chi connectivity index (χ1) is 12.4. The van der Waals surface area contributed by atoms with Crippen molar-refractivity contribution < 1.29 is 0 Å². The summed E-state index contributed by atoms with van der Waals surface area (Å²) in [7, 11) is 0. The maximum Gasteiger partial charge on any atom is 0.227 e. The van der Waals surface area contributed by atoms with Crippen LogP contribution in [0.2, 0.25) is 0 Å². The molecule has 2 saturated heterocycles. The van der Waals surface area contributed by atoms with Crippen LogP contribution in [0.5, 0.6) is 0 Å². The van der Waals surface area contributed by atoms with Crippen LogP contribution in [0, 0.1) is 5.92 Å². The lowest BCUT2D eigenvalue weighted by molar-refractivity contribution is 0.400. The van der Waals surface area contributed by atoms with Gasteiger partial charge in [-0.25, -0.2) is 4.98 Å². The van der Waals surface area contributed by atoms with Gasteiger partial charge >= 0.3 is 0 Å². The molecule has 0 N–H and O–H groups in total. The molecule has 3 heterocycles. The van der Waals surface area contributed by atoms with E-state index >= 15 is 0 Å². The molecule has 25 heavy (non-hydrogen) atoms. The van der Waals surface area contributed by atoms with Crippen LogP contribution in [0.15, 0.2) is 42.6 Å². The molecule has 2 aliphatic heterocycles. The number of benzene rings is 1. The predicted octanol–water partition coefficient (Wildman–Crippen LogP) is 3.93. The van der Waals surface area contributed by atoms with Crippen LogP contribution in [-0.4, -0.2) is 36.1 Å². The van der Waals surface area contributed by atoms with Gasteiger partial charge in [0.1, 0.15) is 5.82 Å². The lowest BCUT2D eigenvalue weighted by atomic mass is 9.90. The van der Waals surface area contributed by atoms with Crippen molar-refractivity contribution >= 4 is 11.8 Å². The van der Waals surface area contributed by atoms with Gasteiger partial charge in [-0.2, -0.15) is 4.98 Å². The molecule has 1 aromatic carbocycles. The topological polar surface area (TPSA) is 32.3 Å². The minimum absolute atomic E-state index is 0.781. The minimum atomic E-state index is 0.781. The highest BCUT2D eigenvalue weighted by molar-refractivity contribution is 5.44. The highest BCUT2D eigenvalue weighted by Crippen LogP contribution is 2.25. The fourth-order valence-electron chi connectivity index (χ4n) is 4.08. The summed E-state index contributed by atoms with van der Waals surface area (Å²) < 4.78 is 0. The molecule has 0 amide bonds. The average molecular weight is 336 g/mol. The number of hydrogen-bond acceptors (Lipinski definition) is 4. The van der Waals surface area contributed by atoms with Crippen LogP contribution < -0.4 is 9.80 Å². The van der Waals surface area contributed by atoms with Gasteiger partial charge in [0.15, 0.2) is 0 Å². The van der Waals surface area contributed by atoms with Crippen molar-refractivity contribution in [2.24, 2.45) is 5.92 Å². The standard InChI is InChI=1S/C21H28N4/c1-3-7-18(8-4-1)17-19-10-15-25(16-11-19)21-22-12-9-20(23-21)24-13-5-2-6-14-24/h1,3-4,7-9,12,19H,2,5-6,10-11,13-17H2. The third-order valence-corrected chi connectivity index (χ3v) is 5.57. The summed E-state index contributed by atoms with van der Waals surface area (Å²) in [6.07, 6.45) is 9.50. The molecule has 0 unspecified atom stereocenters. The first kappa shape index (κ1) is 16.4. The Morgan fingerprint density at radius 2 is 1.60 bits per heavy atom. The van der Waals surface area contributed by atoms with E-state index < -0.39 is 0 Å². The molecule has 0 saturated carbocycles. The number of hydrogen-bond donors (Lipinski definition) is 0. The molecule has 132 valence electrons. The van der Waals surface area contributed by atoms with E-state index in [9.17, 15) is 0 Å². The molecule has 4 rings (SSSR count). The highest BCUT2D eigenvalue weighted by atomic mass is 15.3. The molecular weight excluding hydrogens is 308 g/mol. The van der Waals surface area contributed by atoms with Crippen LogP contribution in [0.4, 0.5) is 11.8 Å². The number of rotatable bonds is 4. The summed E-state index contributed by atoms with van der Waals surface area (Å²) in [4.78, 5) is 14.2. The quantitative estimate of drug-likeness (QED) is 0.847. The van der Waals surface area contributed by atoms with Gasteiger partial charge in [0, 0.05) is 32.4 Å². The zero-order valence-electron chi connectivity index (χ0n) is 15.0. The van der Waals surface area contributed by atoms with Gasteiger partial charge in [-0.1, -0.05) is 30.3 Å². The van der Waals surface area contributed by atoms with Crippen LogP contribution in [-0.2, 0) is 6.42 Å².